The Hall–Kier alpha value is -0.740. The number of likely N-dealkylation sites (tertiary alicyclic amines) is 1. The molecule has 0 aromatic carbocycles. The molecule has 1 saturated heterocycles. The van der Waals surface area contributed by atoms with Gasteiger partial charge in [-0.05, 0) is 50.2 Å². The second kappa shape index (κ2) is 6.26. The molecule has 0 saturated carbocycles. The van der Waals surface area contributed by atoms with Crippen LogP contribution in [0.5, 0.6) is 0 Å². The first-order chi connectivity index (χ1) is 8.28. The number of hydrogen-bond donors (Lipinski definition) is 1. The average molecular weight is 251 g/mol. The number of hydrogen-bond acceptors (Lipinski definition) is 4. The van der Waals surface area contributed by atoms with E-state index in [0.717, 1.165) is 11.8 Å². The van der Waals surface area contributed by atoms with Crippen molar-refractivity contribution in [3.63, 3.8) is 0 Å². The Kier molecular flexibility index (Phi) is 4.68. The van der Waals surface area contributed by atoms with E-state index < -0.39 is 0 Å². The van der Waals surface area contributed by atoms with Crippen LogP contribution in [0.15, 0.2) is 18.3 Å². The smallest absolute Gasteiger partial charge is 0.123 e. The summed E-state index contributed by atoms with van der Waals surface area (Å²) in [7, 11) is 0. The monoisotopic (exact) mass is 251 g/mol. The molecule has 4 heteroatoms. The van der Waals surface area contributed by atoms with Crippen molar-refractivity contribution < 1.29 is 0 Å². The molecule has 17 heavy (non-hydrogen) atoms. The highest BCUT2D eigenvalue weighted by atomic mass is 32.2. The Labute approximate surface area is 108 Å². The lowest BCUT2D eigenvalue weighted by molar-refractivity contribution is 0.277. The van der Waals surface area contributed by atoms with E-state index in [1.165, 1.54) is 37.9 Å². The summed E-state index contributed by atoms with van der Waals surface area (Å²) in [5.74, 6) is 0.604. The normalized spacial score (nSPS) is 22.3. The Bertz CT molecular complexity index is 339. The van der Waals surface area contributed by atoms with Gasteiger partial charge in [-0.2, -0.15) is 11.8 Å². The fourth-order valence-electron chi connectivity index (χ4n) is 2.31. The Morgan fingerprint density at radius 1 is 1.41 bits per heavy atom. The van der Waals surface area contributed by atoms with Gasteiger partial charge in [0.2, 0.25) is 0 Å². The van der Waals surface area contributed by atoms with Gasteiger partial charge in [-0.1, -0.05) is 6.07 Å². The largest absolute Gasteiger partial charge is 0.384 e. The van der Waals surface area contributed by atoms with Gasteiger partial charge in [0.1, 0.15) is 5.82 Å². The third-order valence-corrected chi connectivity index (χ3v) is 4.49. The summed E-state index contributed by atoms with van der Waals surface area (Å²) in [6, 6.07) is 3.97. The molecule has 0 spiro atoms. The molecule has 1 fully saturated rings. The third-order valence-electron chi connectivity index (χ3n) is 3.35. The van der Waals surface area contributed by atoms with Gasteiger partial charge in [-0.15, -0.1) is 0 Å². The highest BCUT2D eigenvalue weighted by Gasteiger charge is 2.16. The Morgan fingerprint density at radius 2 is 2.29 bits per heavy atom. The van der Waals surface area contributed by atoms with Crippen molar-refractivity contribution in [1.82, 2.24) is 9.88 Å². The molecule has 2 rings (SSSR count). The summed E-state index contributed by atoms with van der Waals surface area (Å²) in [6.07, 6.45) is 8.10. The van der Waals surface area contributed by atoms with Crippen LogP contribution in [0.2, 0.25) is 0 Å². The van der Waals surface area contributed by atoms with Gasteiger partial charge in [-0.3, -0.25) is 4.90 Å². The summed E-state index contributed by atoms with van der Waals surface area (Å²) in [5.41, 5.74) is 6.86. The van der Waals surface area contributed by atoms with E-state index in [2.05, 4.69) is 22.2 Å². The van der Waals surface area contributed by atoms with Crippen LogP contribution in [0, 0.1) is 0 Å². The van der Waals surface area contributed by atoms with Crippen LogP contribution < -0.4 is 5.73 Å². The summed E-state index contributed by atoms with van der Waals surface area (Å²) < 4.78 is 0. The predicted octanol–water partition coefficient (Wildman–Crippen LogP) is 2.38. The first kappa shape index (κ1) is 12.7. The molecular weight excluding hydrogens is 230 g/mol. The highest BCUT2D eigenvalue weighted by Crippen LogP contribution is 2.22. The number of thioether (sulfide) groups is 1. The highest BCUT2D eigenvalue weighted by molar-refractivity contribution is 7.99. The van der Waals surface area contributed by atoms with Crippen molar-refractivity contribution >= 4 is 17.6 Å². The maximum absolute atomic E-state index is 5.59. The van der Waals surface area contributed by atoms with Crippen molar-refractivity contribution in [2.24, 2.45) is 0 Å². The minimum absolute atomic E-state index is 0.604. The SMILES string of the molecule is CSC1CCCN(Cc2ccc(N)nc2)CC1. The molecule has 1 aliphatic heterocycles. The molecule has 0 bridgehead atoms. The number of rotatable bonds is 3. The fraction of sp³-hybridized carbons (Fsp3) is 0.615. The lowest BCUT2D eigenvalue weighted by Gasteiger charge is -2.19. The Balaban J connectivity index is 1.88. The van der Waals surface area contributed by atoms with E-state index >= 15 is 0 Å². The number of nitrogens with two attached hydrogens (primary N) is 1. The van der Waals surface area contributed by atoms with Gasteiger partial charge in [0, 0.05) is 18.0 Å². The molecule has 2 N–H and O–H groups in total. The fourth-order valence-corrected chi connectivity index (χ4v) is 3.05. The molecule has 0 amide bonds. The molecule has 1 aliphatic rings. The van der Waals surface area contributed by atoms with E-state index in [1.807, 2.05) is 24.0 Å². The van der Waals surface area contributed by atoms with Crippen molar-refractivity contribution in [3.8, 4) is 0 Å². The average Bonchev–Trinajstić information content (AvgIpc) is 2.57. The second-order valence-corrected chi connectivity index (χ2v) is 5.79. The summed E-state index contributed by atoms with van der Waals surface area (Å²) in [4.78, 5) is 6.68. The number of nitrogens with zero attached hydrogens (tertiary/aromatic N) is 2. The second-order valence-electron chi connectivity index (χ2n) is 4.66. The van der Waals surface area contributed by atoms with Gasteiger partial charge in [0.15, 0.2) is 0 Å². The zero-order valence-electron chi connectivity index (χ0n) is 10.4. The first-order valence-corrected chi connectivity index (χ1v) is 7.52. The van der Waals surface area contributed by atoms with Crippen LogP contribution >= 0.6 is 11.8 Å². The molecule has 0 aliphatic carbocycles. The van der Waals surface area contributed by atoms with E-state index in [0.29, 0.717) is 5.82 Å². The van der Waals surface area contributed by atoms with Crippen molar-refractivity contribution in [3.05, 3.63) is 23.9 Å². The quantitative estimate of drug-likeness (QED) is 0.895. The van der Waals surface area contributed by atoms with Crippen molar-refractivity contribution in [1.29, 1.82) is 0 Å². The Morgan fingerprint density at radius 3 is 3.00 bits per heavy atom. The van der Waals surface area contributed by atoms with Gasteiger partial charge in [0.25, 0.3) is 0 Å². The van der Waals surface area contributed by atoms with Gasteiger partial charge in [0.05, 0.1) is 0 Å². The summed E-state index contributed by atoms with van der Waals surface area (Å²) in [6.45, 7) is 3.42. The maximum Gasteiger partial charge on any atom is 0.123 e. The minimum atomic E-state index is 0.604. The molecule has 1 unspecified atom stereocenters. The van der Waals surface area contributed by atoms with Crippen LogP contribution in [0.1, 0.15) is 24.8 Å². The van der Waals surface area contributed by atoms with Crippen LogP contribution in [-0.2, 0) is 6.54 Å². The van der Waals surface area contributed by atoms with E-state index in [4.69, 9.17) is 5.73 Å². The summed E-state index contributed by atoms with van der Waals surface area (Å²) >= 11 is 2.01. The lowest BCUT2D eigenvalue weighted by Crippen LogP contribution is -2.24. The molecule has 1 atom stereocenters. The van der Waals surface area contributed by atoms with Gasteiger partial charge in [-0.25, -0.2) is 4.98 Å². The van der Waals surface area contributed by atoms with Crippen molar-refractivity contribution in [2.75, 3.05) is 25.1 Å². The molecular formula is C13H21N3S. The summed E-state index contributed by atoms with van der Waals surface area (Å²) in [5, 5.41) is 0.851. The molecule has 0 radical (unpaired) electrons. The zero-order chi connectivity index (χ0) is 12.1. The standard InChI is InChI=1S/C13H21N3S/c1-17-12-3-2-7-16(8-6-12)10-11-4-5-13(14)15-9-11/h4-5,9,12H,2-3,6-8,10H2,1H3,(H2,14,15). The third kappa shape index (κ3) is 3.89. The number of aromatic nitrogens is 1. The molecule has 94 valence electrons. The van der Waals surface area contributed by atoms with Crippen LogP contribution in [-0.4, -0.2) is 34.5 Å². The number of nitrogen functional groups attached to an aromatic ring is 1. The van der Waals surface area contributed by atoms with Gasteiger partial charge < -0.3 is 5.73 Å². The molecule has 1 aromatic rings. The first-order valence-electron chi connectivity index (χ1n) is 6.23. The minimum Gasteiger partial charge on any atom is -0.384 e. The van der Waals surface area contributed by atoms with Crippen LogP contribution in [0.25, 0.3) is 0 Å². The molecule has 3 nitrogen and oxygen atoms in total. The predicted molar refractivity (Wildman–Crippen MR) is 75.1 cm³/mol. The van der Waals surface area contributed by atoms with Gasteiger partial charge >= 0.3 is 0 Å². The maximum atomic E-state index is 5.59. The van der Waals surface area contributed by atoms with E-state index in [1.54, 1.807) is 0 Å². The van der Waals surface area contributed by atoms with Crippen LogP contribution in [0.4, 0.5) is 5.82 Å². The topological polar surface area (TPSA) is 42.1 Å². The van der Waals surface area contributed by atoms with Crippen LogP contribution in [0.3, 0.4) is 0 Å². The number of pyridine rings is 1. The molecule has 2 heterocycles. The zero-order valence-corrected chi connectivity index (χ0v) is 11.2. The van der Waals surface area contributed by atoms with E-state index in [-0.39, 0.29) is 0 Å². The van der Waals surface area contributed by atoms with E-state index in [9.17, 15) is 0 Å². The van der Waals surface area contributed by atoms with Crippen molar-refractivity contribution in [2.45, 2.75) is 31.1 Å². The number of anilines is 1. The lowest BCUT2D eigenvalue weighted by atomic mass is 10.2. The molecule has 1 aromatic heterocycles.